The van der Waals surface area contributed by atoms with Gasteiger partial charge in [0.15, 0.2) is 0 Å². The summed E-state index contributed by atoms with van der Waals surface area (Å²) in [6.07, 6.45) is 0. The standard InChI is InChI=1S/C12H10ClIN2O2S/c13-8-5-6-11(9(14)7-8)16-19(17,18)12-4-2-1-3-10(12)15/h1-7,16H,15H2. The first-order valence-electron chi connectivity index (χ1n) is 5.22. The molecule has 4 nitrogen and oxygen atoms in total. The lowest BCUT2D eigenvalue weighted by Crippen LogP contribution is -2.15. The molecule has 2 aromatic rings. The lowest BCUT2D eigenvalue weighted by molar-refractivity contribution is 0.601. The van der Waals surface area contributed by atoms with E-state index in [0.717, 1.165) is 0 Å². The Balaban J connectivity index is 2.40. The second kappa shape index (κ2) is 5.56. The zero-order valence-corrected chi connectivity index (χ0v) is 13.3. The molecule has 19 heavy (non-hydrogen) atoms. The molecule has 7 heteroatoms. The summed E-state index contributed by atoms with van der Waals surface area (Å²) >= 11 is 7.84. The van der Waals surface area contributed by atoms with E-state index in [9.17, 15) is 8.42 Å². The van der Waals surface area contributed by atoms with Crippen molar-refractivity contribution < 1.29 is 8.42 Å². The van der Waals surface area contributed by atoms with Crippen molar-refractivity contribution in [2.24, 2.45) is 0 Å². The highest BCUT2D eigenvalue weighted by Crippen LogP contribution is 2.26. The largest absolute Gasteiger partial charge is 0.398 e. The van der Waals surface area contributed by atoms with E-state index in [0.29, 0.717) is 14.3 Å². The van der Waals surface area contributed by atoms with Crippen LogP contribution in [-0.4, -0.2) is 8.42 Å². The summed E-state index contributed by atoms with van der Waals surface area (Å²) in [6.45, 7) is 0. The molecule has 0 saturated heterocycles. The predicted octanol–water partition coefficient (Wildman–Crippen LogP) is 3.33. The van der Waals surface area contributed by atoms with Crippen LogP contribution < -0.4 is 10.5 Å². The second-order valence-electron chi connectivity index (χ2n) is 3.77. The number of benzene rings is 2. The highest BCUT2D eigenvalue weighted by molar-refractivity contribution is 14.1. The van der Waals surface area contributed by atoms with E-state index in [1.807, 2.05) is 22.6 Å². The average Bonchev–Trinajstić information content (AvgIpc) is 2.33. The molecular formula is C12H10ClIN2O2S. The number of halogens is 2. The fraction of sp³-hybridized carbons (Fsp3) is 0. The molecule has 0 spiro atoms. The molecule has 0 fully saturated rings. The molecule has 0 aliphatic carbocycles. The highest BCUT2D eigenvalue weighted by Gasteiger charge is 2.18. The van der Waals surface area contributed by atoms with Crippen molar-refractivity contribution in [3.63, 3.8) is 0 Å². The van der Waals surface area contributed by atoms with Gasteiger partial charge >= 0.3 is 0 Å². The van der Waals surface area contributed by atoms with Gasteiger partial charge in [0.05, 0.1) is 11.4 Å². The van der Waals surface area contributed by atoms with E-state index in [-0.39, 0.29) is 10.6 Å². The summed E-state index contributed by atoms with van der Waals surface area (Å²) in [6, 6.07) is 11.2. The predicted molar refractivity (Wildman–Crippen MR) is 85.8 cm³/mol. The van der Waals surface area contributed by atoms with Crippen molar-refractivity contribution in [1.29, 1.82) is 0 Å². The fourth-order valence-electron chi connectivity index (χ4n) is 1.50. The Bertz CT molecular complexity index is 719. The third-order valence-electron chi connectivity index (χ3n) is 2.38. The summed E-state index contributed by atoms with van der Waals surface area (Å²) in [7, 11) is -3.70. The van der Waals surface area contributed by atoms with Crippen molar-refractivity contribution in [2.75, 3.05) is 10.5 Å². The molecule has 0 aliphatic heterocycles. The molecule has 0 aromatic heterocycles. The Labute approximate surface area is 130 Å². The molecule has 0 radical (unpaired) electrons. The average molecular weight is 409 g/mol. The van der Waals surface area contributed by atoms with E-state index in [1.165, 1.54) is 6.07 Å². The van der Waals surface area contributed by atoms with Gasteiger partial charge in [-0.3, -0.25) is 4.72 Å². The van der Waals surface area contributed by atoms with Crippen molar-refractivity contribution >= 4 is 55.6 Å². The first-order valence-corrected chi connectivity index (χ1v) is 8.16. The maximum Gasteiger partial charge on any atom is 0.263 e. The second-order valence-corrected chi connectivity index (χ2v) is 7.02. The topological polar surface area (TPSA) is 72.2 Å². The van der Waals surface area contributed by atoms with Crippen LogP contribution in [0.4, 0.5) is 11.4 Å². The number of nitrogens with two attached hydrogens (primary N) is 1. The van der Waals surface area contributed by atoms with Crippen molar-refractivity contribution in [2.45, 2.75) is 4.90 Å². The maximum absolute atomic E-state index is 12.2. The monoisotopic (exact) mass is 408 g/mol. The maximum atomic E-state index is 12.2. The molecule has 0 heterocycles. The number of hydrogen-bond acceptors (Lipinski definition) is 3. The number of hydrogen-bond donors (Lipinski definition) is 2. The van der Waals surface area contributed by atoms with Crippen LogP contribution in [0.3, 0.4) is 0 Å². The van der Waals surface area contributed by atoms with Crippen LogP contribution in [0.15, 0.2) is 47.4 Å². The van der Waals surface area contributed by atoms with Gasteiger partial charge in [0.1, 0.15) is 4.90 Å². The van der Waals surface area contributed by atoms with Gasteiger partial charge in [-0.25, -0.2) is 8.42 Å². The first kappa shape index (κ1) is 14.4. The number of para-hydroxylation sites is 1. The zero-order chi connectivity index (χ0) is 14.0. The van der Waals surface area contributed by atoms with Crippen LogP contribution in [0, 0.1) is 3.57 Å². The Morgan fingerprint density at radius 3 is 2.47 bits per heavy atom. The van der Waals surface area contributed by atoms with E-state index >= 15 is 0 Å². The van der Waals surface area contributed by atoms with Gasteiger partial charge in [0.2, 0.25) is 0 Å². The van der Waals surface area contributed by atoms with Gasteiger partial charge in [-0.15, -0.1) is 0 Å². The Morgan fingerprint density at radius 2 is 1.84 bits per heavy atom. The molecule has 0 saturated carbocycles. The van der Waals surface area contributed by atoms with Crippen LogP contribution in [0.25, 0.3) is 0 Å². The molecule has 0 unspecified atom stereocenters. The number of sulfonamides is 1. The van der Waals surface area contributed by atoms with Crippen LogP contribution in [0.1, 0.15) is 0 Å². The van der Waals surface area contributed by atoms with Crippen LogP contribution >= 0.6 is 34.2 Å². The van der Waals surface area contributed by atoms with E-state index in [4.69, 9.17) is 17.3 Å². The van der Waals surface area contributed by atoms with E-state index < -0.39 is 10.0 Å². The quantitative estimate of drug-likeness (QED) is 0.604. The Kier molecular flexibility index (Phi) is 4.22. The lowest BCUT2D eigenvalue weighted by Gasteiger charge is -2.11. The minimum absolute atomic E-state index is 0.0563. The van der Waals surface area contributed by atoms with Gasteiger partial charge in [-0.05, 0) is 52.9 Å². The molecule has 0 atom stereocenters. The lowest BCUT2D eigenvalue weighted by atomic mass is 10.3. The van der Waals surface area contributed by atoms with Crippen LogP contribution in [0.5, 0.6) is 0 Å². The SMILES string of the molecule is Nc1ccccc1S(=O)(=O)Nc1ccc(Cl)cc1I. The third kappa shape index (κ3) is 3.31. The summed E-state index contributed by atoms with van der Waals surface area (Å²) < 4.78 is 27.7. The van der Waals surface area contributed by atoms with Gasteiger partial charge in [-0.1, -0.05) is 23.7 Å². The van der Waals surface area contributed by atoms with Crippen LogP contribution in [0.2, 0.25) is 5.02 Å². The summed E-state index contributed by atoms with van der Waals surface area (Å²) in [5.74, 6) is 0. The van der Waals surface area contributed by atoms with Gasteiger partial charge in [-0.2, -0.15) is 0 Å². The van der Waals surface area contributed by atoms with Gasteiger partial charge < -0.3 is 5.73 Å². The summed E-state index contributed by atoms with van der Waals surface area (Å²) in [5.41, 5.74) is 6.35. The Morgan fingerprint density at radius 1 is 1.16 bits per heavy atom. The van der Waals surface area contributed by atoms with Crippen molar-refractivity contribution in [1.82, 2.24) is 0 Å². The fourth-order valence-corrected chi connectivity index (χ4v) is 3.90. The molecule has 0 amide bonds. The van der Waals surface area contributed by atoms with Gasteiger partial charge in [0.25, 0.3) is 10.0 Å². The third-order valence-corrected chi connectivity index (χ3v) is 4.95. The molecule has 2 rings (SSSR count). The highest BCUT2D eigenvalue weighted by atomic mass is 127. The summed E-state index contributed by atoms with van der Waals surface area (Å²) in [5, 5.41) is 0.548. The van der Waals surface area contributed by atoms with Crippen molar-refractivity contribution in [3.8, 4) is 0 Å². The van der Waals surface area contributed by atoms with Gasteiger partial charge in [0, 0.05) is 8.59 Å². The van der Waals surface area contributed by atoms with Crippen molar-refractivity contribution in [3.05, 3.63) is 51.1 Å². The molecule has 100 valence electrons. The smallest absolute Gasteiger partial charge is 0.263 e. The molecule has 0 aliphatic rings. The van der Waals surface area contributed by atoms with E-state index in [1.54, 1.807) is 36.4 Å². The first-order chi connectivity index (χ1) is 8.90. The minimum atomic E-state index is -3.70. The number of anilines is 2. The number of nitrogen functional groups attached to an aromatic ring is 1. The molecular weight excluding hydrogens is 399 g/mol. The Hall–Kier alpha value is -0.990. The number of nitrogens with one attached hydrogen (secondary N) is 1. The molecule has 0 bridgehead atoms. The number of rotatable bonds is 3. The van der Waals surface area contributed by atoms with Crippen LogP contribution in [-0.2, 0) is 10.0 Å². The molecule has 2 aromatic carbocycles. The van der Waals surface area contributed by atoms with E-state index in [2.05, 4.69) is 4.72 Å². The summed E-state index contributed by atoms with van der Waals surface area (Å²) in [4.78, 5) is 0.0563. The zero-order valence-electron chi connectivity index (χ0n) is 9.60. The molecule has 3 N–H and O–H groups in total. The minimum Gasteiger partial charge on any atom is -0.398 e. The normalized spacial score (nSPS) is 11.3.